The topological polar surface area (TPSA) is 36.1 Å². The average Bonchev–Trinajstić information content (AvgIpc) is 2.47. The van der Waals surface area contributed by atoms with E-state index >= 15 is 0 Å². The molecule has 0 unspecified atom stereocenters. The van der Waals surface area contributed by atoms with Gasteiger partial charge >= 0.3 is 0 Å². The van der Waals surface area contributed by atoms with Crippen molar-refractivity contribution in [3.05, 3.63) is 59.7 Å². The van der Waals surface area contributed by atoms with Crippen LogP contribution < -0.4 is 16.2 Å². The van der Waals surface area contributed by atoms with Crippen LogP contribution in [0.1, 0.15) is 18.1 Å². The molecule has 2 rings (SSSR count). The molecule has 0 spiro atoms. The second-order valence-corrected chi connectivity index (χ2v) is 4.98. The Kier molecular flexibility index (Phi) is 4.96. The summed E-state index contributed by atoms with van der Waals surface area (Å²) in [6, 6.07) is 16.3. The lowest BCUT2D eigenvalue weighted by atomic mass is 10.1. The first-order valence-corrected chi connectivity index (χ1v) is 7.07. The largest absolute Gasteiger partial charge is 0.331 e. The van der Waals surface area contributed by atoms with Crippen LogP contribution in [-0.2, 0) is 6.42 Å². The van der Waals surface area contributed by atoms with E-state index in [0.717, 1.165) is 23.4 Å². The van der Waals surface area contributed by atoms with Gasteiger partial charge in [-0.1, -0.05) is 37.3 Å². The molecule has 0 radical (unpaired) electrons. The molecule has 0 aromatic heterocycles. The predicted molar refractivity (Wildman–Crippen MR) is 90.0 cm³/mol. The fraction of sp³-hybridized carbons (Fsp3) is 0.188. The molecule has 0 aliphatic rings. The van der Waals surface area contributed by atoms with E-state index in [4.69, 9.17) is 12.2 Å². The van der Waals surface area contributed by atoms with Gasteiger partial charge in [0.1, 0.15) is 0 Å². The molecule has 2 aromatic rings. The number of aryl methyl sites for hydroxylation is 2. The summed E-state index contributed by atoms with van der Waals surface area (Å²) in [6.07, 6.45) is 1.04. The van der Waals surface area contributed by atoms with E-state index in [9.17, 15) is 0 Å². The third-order valence-corrected chi connectivity index (χ3v) is 3.28. The molecule has 0 heterocycles. The minimum absolute atomic E-state index is 0.539. The van der Waals surface area contributed by atoms with Gasteiger partial charge in [0.25, 0.3) is 0 Å². The summed E-state index contributed by atoms with van der Waals surface area (Å²) in [6.45, 7) is 4.19. The normalized spacial score (nSPS) is 9.90. The smallest absolute Gasteiger partial charge is 0.189 e. The van der Waals surface area contributed by atoms with Crippen LogP contribution in [0.4, 0.5) is 11.4 Å². The van der Waals surface area contributed by atoms with Crippen LogP contribution in [0, 0.1) is 6.92 Å². The van der Waals surface area contributed by atoms with Crippen LogP contribution in [0.2, 0.25) is 0 Å². The SMILES string of the molecule is CCc1ccc(NC(=S)NNc2ccccc2C)cc1. The van der Waals surface area contributed by atoms with Crippen molar-refractivity contribution in [1.29, 1.82) is 0 Å². The third-order valence-electron chi connectivity index (χ3n) is 3.08. The van der Waals surface area contributed by atoms with Crippen LogP contribution >= 0.6 is 12.2 Å². The Hall–Kier alpha value is -2.07. The van der Waals surface area contributed by atoms with Gasteiger partial charge < -0.3 is 5.32 Å². The molecule has 3 N–H and O–H groups in total. The molecule has 0 saturated carbocycles. The van der Waals surface area contributed by atoms with E-state index in [1.807, 2.05) is 43.3 Å². The highest BCUT2D eigenvalue weighted by Crippen LogP contribution is 2.12. The zero-order chi connectivity index (χ0) is 14.4. The van der Waals surface area contributed by atoms with Crippen LogP contribution in [0.5, 0.6) is 0 Å². The molecule has 0 aliphatic heterocycles. The first-order chi connectivity index (χ1) is 9.69. The highest BCUT2D eigenvalue weighted by atomic mass is 32.1. The lowest BCUT2D eigenvalue weighted by Gasteiger charge is -2.14. The number of hydrogen-bond donors (Lipinski definition) is 3. The standard InChI is InChI=1S/C16H19N3S/c1-3-13-8-10-14(11-9-13)17-16(20)19-18-15-7-5-4-6-12(15)2/h4-11,18H,3H2,1-2H3,(H2,17,19,20). The molecule has 2 aromatic carbocycles. The quantitative estimate of drug-likeness (QED) is 0.589. The van der Waals surface area contributed by atoms with Crippen molar-refractivity contribution in [2.45, 2.75) is 20.3 Å². The van der Waals surface area contributed by atoms with E-state index in [0.29, 0.717) is 5.11 Å². The Morgan fingerprint density at radius 3 is 2.40 bits per heavy atom. The number of hydrogen-bond acceptors (Lipinski definition) is 2. The summed E-state index contributed by atoms with van der Waals surface area (Å²) in [4.78, 5) is 0. The minimum atomic E-state index is 0.539. The molecule has 0 atom stereocenters. The Labute approximate surface area is 125 Å². The first kappa shape index (κ1) is 14.3. The number of anilines is 2. The van der Waals surface area contributed by atoms with Crippen LogP contribution in [0.3, 0.4) is 0 Å². The zero-order valence-corrected chi connectivity index (χ0v) is 12.6. The van der Waals surface area contributed by atoms with Crippen molar-refractivity contribution in [2.24, 2.45) is 0 Å². The lowest BCUT2D eigenvalue weighted by Crippen LogP contribution is -2.33. The fourth-order valence-electron chi connectivity index (χ4n) is 1.82. The van der Waals surface area contributed by atoms with Gasteiger partial charge in [0.05, 0.1) is 5.69 Å². The Morgan fingerprint density at radius 2 is 1.75 bits per heavy atom. The second-order valence-electron chi connectivity index (χ2n) is 4.57. The van der Waals surface area contributed by atoms with E-state index < -0.39 is 0 Å². The van der Waals surface area contributed by atoms with E-state index in [2.05, 4.69) is 35.2 Å². The van der Waals surface area contributed by atoms with Gasteiger partial charge in [0.15, 0.2) is 5.11 Å². The Balaban J connectivity index is 1.87. The number of para-hydroxylation sites is 1. The Morgan fingerprint density at radius 1 is 1.05 bits per heavy atom. The summed E-state index contributed by atoms with van der Waals surface area (Å²) >= 11 is 5.25. The monoisotopic (exact) mass is 285 g/mol. The summed E-state index contributed by atoms with van der Waals surface area (Å²) in [7, 11) is 0. The number of nitrogens with one attached hydrogen (secondary N) is 3. The van der Waals surface area contributed by atoms with Crippen LogP contribution in [0.25, 0.3) is 0 Å². The number of hydrazine groups is 1. The maximum Gasteiger partial charge on any atom is 0.189 e. The van der Waals surface area contributed by atoms with E-state index in [-0.39, 0.29) is 0 Å². The molecule has 0 amide bonds. The van der Waals surface area contributed by atoms with Gasteiger partial charge in [-0.15, -0.1) is 0 Å². The molecule has 20 heavy (non-hydrogen) atoms. The molecule has 0 aliphatic carbocycles. The first-order valence-electron chi connectivity index (χ1n) is 6.66. The van der Waals surface area contributed by atoms with Crippen molar-refractivity contribution in [3.63, 3.8) is 0 Å². The molecular formula is C16H19N3S. The summed E-state index contributed by atoms with van der Waals surface area (Å²) in [5, 5.41) is 3.68. The van der Waals surface area contributed by atoms with Gasteiger partial charge in [-0.2, -0.15) is 0 Å². The van der Waals surface area contributed by atoms with Gasteiger partial charge in [0, 0.05) is 5.69 Å². The third kappa shape index (κ3) is 3.96. The fourth-order valence-corrected chi connectivity index (χ4v) is 1.99. The van der Waals surface area contributed by atoms with Crippen molar-refractivity contribution in [1.82, 2.24) is 5.43 Å². The molecule has 104 valence electrons. The van der Waals surface area contributed by atoms with Crippen molar-refractivity contribution in [3.8, 4) is 0 Å². The van der Waals surface area contributed by atoms with Crippen molar-refractivity contribution < 1.29 is 0 Å². The Bertz CT molecular complexity index is 579. The summed E-state index contributed by atoms with van der Waals surface area (Å²) in [5.41, 5.74) is 10.6. The van der Waals surface area contributed by atoms with Gasteiger partial charge in [-0.3, -0.25) is 10.9 Å². The number of rotatable bonds is 4. The van der Waals surface area contributed by atoms with Gasteiger partial charge in [0.2, 0.25) is 0 Å². The average molecular weight is 285 g/mol. The maximum absolute atomic E-state index is 5.25. The van der Waals surface area contributed by atoms with Crippen molar-refractivity contribution >= 4 is 28.7 Å². The molecular weight excluding hydrogens is 266 g/mol. The van der Waals surface area contributed by atoms with Crippen LogP contribution in [-0.4, -0.2) is 5.11 Å². The van der Waals surface area contributed by atoms with E-state index in [1.165, 1.54) is 5.56 Å². The van der Waals surface area contributed by atoms with E-state index in [1.54, 1.807) is 0 Å². The predicted octanol–water partition coefficient (Wildman–Crippen LogP) is 3.87. The summed E-state index contributed by atoms with van der Waals surface area (Å²) in [5.74, 6) is 0. The second kappa shape index (κ2) is 6.91. The number of thiocarbonyl (C=S) groups is 1. The zero-order valence-electron chi connectivity index (χ0n) is 11.7. The van der Waals surface area contributed by atoms with Crippen molar-refractivity contribution in [2.75, 3.05) is 10.7 Å². The number of benzene rings is 2. The summed E-state index contributed by atoms with van der Waals surface area (Å²) < 4.78 is 0. The molecule has 4 heteroatoms. The molecule has 0 bridgehead atoms. The maximum atomic E-state index is 5.25. The molecule has 0 fully saturated rings. The van der Waals surface area contributed by atoms with Gasteiger partial charge in [-0.25, -0.2) is 0 Å². The van der Waals surface area contributed by atoms with Gasteiger partial charge in [-0.05, 0) is 54.9 Å². The van der Waals surface area contributed by atoms with Crippen LogP contribution in [0.15, 0.2) is 48.5 Å². The molecule has 0 saturated heterocycles. The highest BCUT2D eigenvalue weighted by Gasteiger charge is 1.99. The lowest BCUT2D eigenvalue weighted by molar-refractivity contribution is 1.12. The minimum Gasteiger partial charge on any atom is -0.331 e. The molecule has 3 nitrogen and oxygen atoms in total. The highest BCUT2D eigenvalue weighted by molar-refractivity contribution is 7.80.